The molecule has 0 saturated carbocycles. The fraction of sp³-hybridized carbons (Fsp3) is 0.353. The Kier molecular flexibility index (Phi) is 4.50. The molecular weight excluding hydrogens is 308 g/mol. The molecule has 1 atom stereocenters. The average molecular weight is 328 g/mol. The van der Waals surface area contributed by atoms with E-state index in [9.17, 15) is 9.59 Å². The lowest BCUT2D eigenvalue weighted by Gasteiger charge is -2.21. The summed E-state index contributed by atoms with van der Waals surface area (Å²) < 4.78 is 4.95. The SMILES string of the molecule is CC[C@@H](Nc1ccc2c(c1)CCC(=O)N2)C(=O)Nc1cc(C)on1. The highest BCUT2D eigenvalue weighted by molar-refractivity contribution is 5.96. The summed E-state index contributed by atoms with van der Waals surface area (Å²) >= 11 is 0. The number of aromatic nitrogens is 1. The zero-order chi connectivity index (χ0) is 17.1. The molecule has 7 heteroatoms. The Bertz CT molecular complexity index is 769. The molecule has 24 heavy (non-hydrogen) atoms. The van der Waals surface area contributed by atoms with E-state index in [2.05, 4.69) is 21.1 Å². The van der Waals surface area contributed by atoms with E-state index in [0.29, 0.717) is 30.8 Å². The first-order valence-corrected chi connectivity index (χ1v) is 7.98. The molecule has 2 heterocycles. The van der Waals surface area contributed by atoms with Gasteiger partial charge < -0.3 is 20.5 Å². The first-order valence-electron chi connectivity index (χ1n) is 7.98. The quantitative estimate of drug-likeness (QED) is 0.784. The Morgan fingerprint density at radius 2 is 2.21 bits per heavy atom. The molecule has 2 aromatic rings. The molecule has 0 unspecified atom stereocenters. The zero-order valence-corrected chi connectivity index (χ0v) is 13.7. The molecule has 0 aliphatic carbocycles. The number of rotatable bonds is 5. The number of carbonyl (C=O) groups excluding carboxylic acids is 2. The van der Waals surface area contributed by atoms with Crippen LogP contribution in [-0.4, -0.2) is 23.0 Å². The number of nitrogens with zero attached hydrogens (tertiary/aromatic N) is 1. The van der Waals surface area contributed by atoms with E-state index in [1.54, 1.807) is 13.0 Å². The predicted molar refractivity (Wildman–Crippen MR) is 91.0 cm³/mol. The topological polar surface area (TPSA) is 96.3 Å². The second kappa shape index (κ2) is 6.74. The van der Waals surface area contributed by atoms with Gasteiger partial charge in [-0.3, -0.25) is 9.59 Å². The number of hydrogen-bond acceptors (Lipinski definition) is 5. The standard InChI is InChI=1S/C17H20N4O3/c1-3-13(17(23)20-15-8-10(2)24-21-15)18-12-5-6-14-11(9-12)4-7-16(22)19-14/h5-6,8-9,13,18H,3-4,7H2,1-2H3,(H,19,22)(H,20,21,23)/t13-/m1/s1. The van der Waals surface area contributed by atoms with Gasteiger partial charge in [0.05, 0.1) is 0 Å². The van der Waals surface area contributed by atoms with Gasteiger partial charge in [0.2, 0.25) is 11.8 Å². The Hall–Kier alpha value is -2.83. The first kappa shape index (κ1) is 16.0. The lowest BCUT2D eigenvalue weighted by Crippen LogP contribution is -2.34. The molecule has 3 rings (SSSR count). The van der Waals surface area contributed by atoms with Crippen LogP contribution >= 0.6 is 0 Å². The normalized spacial score (nSPS) is 14.5. The number of hydrogen-bond donors (Lipinski definition) is 3. The van der Waals surface area contributed by atoms with Crippen LogP contribution in [0.1, 0.15) is 31.1 Å². The lowest BCUT2D eigenvalue weighted by molar-refractivity contribution is -0.117. The minimum absolute atomic E-state index is 0.0388. The van der Waals surface area contributed by atoms with Gasteiger partial charge >= 0.3 is 0 Å². The maximum atomic E-state index is 12.4. The fourth-order valence-electron chi connectivity index (χ4n) is 2.67. The molecule has 0 fully saturated rings. The first-order chi connectivity index (χ1) is 11.5. The number of carbonyl (C=O) groups is 2. The second-order valence-corrected chi connectivity index (χ2v) is 5.84. The summed E-state index contributed by atoms with van der Waals surface area (Å²) in [6.45, 7) is 3.70. The fourth-order valence-corrected chi connectivity index (χ4v) is 2.67. The molecule has 0 spiro atoms. The van der Waals surface area contributed by atoms with E-state index in [1.807, 2.05) is 25.1 Å². The largest absolute Gasteiger partial charge is 0.374 e. The highest BCUT2D eigenvalue weighted by Gasteiger charge is 2.19. The Labute approximate surface area is 139 Å². The molecule has 0 radical (unpaired) electrons. The number of benzene rings is 1. The number of nitrogens with one attached hydrogen (secondary N) is 3. The monoisotopic (exact) mass is 328 g/mol. The maximum absolute atomic E-state index is 12.4. The van der Waals surface area contributed by atoms with Crippen LogP contribution in [0.3, 0.4) is 0 Å². The third-order valence-corrected chi connectivity index (χ3v) is 3.95. The molecule has 126 valence electrons. The van der Waals surface area contributed by atoms with Crippen molar-refractivity contribution in [1.29, 1.82) is 0 Å². The van der Waals surface area contributed by atoms with Gasteiger partial charge in [0.25, 0.3) is 0 Å². The summed E-state index contributed by atoms with van der Waals surface area (Å²) in [6.07, 6.45) is 1.81. The van der Waals surface area contributed by atoms with Crippen LogP contribution in [0, 0.1) is 6.92 Å². The van der Waals surface area contributed by atoms with Crippen LogP contribution in [0.15, 0.2) is 28.8 Å². The molecule has 0 bridgehead atoms. The van der Waals surface area contributed by atoms with Gasteiger partial charge in [-0.1, -0.05) is 12.1 Å². The molecule has 7 nitrogen and oxygen atoms in total. The van der Waals surface area contributed by atoms with Crippen molar-refractivity contribution >= 4 is 29.0 Å². The minimum atomic E-state index is -0.391. The molecule has 2 amide bonds. The van der Waals surface area contributed by atoms with E-state index in [1.165, 1.54) is 0 Å². The molecule has 1 aliphatic rings. The lowest BCUT2D eigenvalue weighted by atomic mass is 10.0. The van der Waals surface area contributed by atoms with Crippen molar-refractivity contribution in [2.45, 2.75) is 39.2 Å². The Morgan fingerprint density at radius 3 is 2.92 bits per heavy atom. The summed E-state index contributed by atoms with van der Waals surface area (Å²) in [5.74, 6) is 0.919. The van der Waals surface area contributed by atoms with Gasteiger partial charge in [0.15, 0.2) is 5.82 Å². The van der Waals surface area contributed by atoms with Gasteiger partial charge in [0.1, 0.15) is 11.8 Å². The smallest absolute Gasteiger partial charge is 0.248 e. The highest BCUT2D eigenvalue weighted by atomic mass is 16.5. The van der Waals surface area contributed by atoms with E-state index >= 15 is 0 Å². The van der Waals surface area contributed by atoms with E-state index < -0.39 is 6.04 Å². The summed E-state index contributed by atoms with van der Waals surface area (Å²) in [5, 5.41) is 12.6. The van der Waals surface area contributed by atoms with Crippen molar-refractivity contribution < 1.29 is 14.1 Å². The van der Waals surface area contributed by atoms with Crippen LogP contribution in [0.5, 0.6) is 0 Å². The van der Waals surface area contributed by atoms with E-state index in [-0.39, 0.29) is 11.8 Å². The van der Waals surface area contributed by atoms with E-state index in [0.717, 1.165) is 16.9 Å². The predicted octanol–water partition coefficient (Wildman–Crippen LogP) is 2.70. The van der Waals surface area contributed by atoms with Crippen LogP contribution < -0.4 is 16.0 Å². The van der Waals surface area contributed by atoms with Gasteiger partial charge in [-0.05, 0) is 43.5 Å². The van der Waals surface area contributed by atoms with Crippen molar-refractivity contribution in [3.8, 4) is 0 Å². The van der Waals surface area contributed by atoms with Crippen molar-refractivity contribution in [2.24, 2.45) is 0 Å². The molecule has 1 aliphatic heterocycles. The number of aryl methyl sites for hydroxylation is 2. The number of amides is 2. The third-order valence-electron chi connectivity index (χ3n) is 3.95. The number of anilines is 3. The second-order valence-electron chi connectivity index (χ2n) is 5.84. The van der Waals surface area contributed by atoms with Crippen LogP contribution in [0.4, 0.5) is 17.2 Å². The van der Waals surface area contributed by atoms with Crippen molar-refractivity contribution in [1.82, 2.24) is 5.16 Å². The zero-order valence-electron chi connectivity index (χ0n) is 13.7. The molecule has 1 aromatic heterocycles. The Balaban J connectivity index is 1.68. The van der Waals surface area contributed by atoms with Gasteiger partial charge in [-0.2, -0.15) is 0 Å². The average Bonchev–Trinajstić information content (AvgIpc) is 2.97. The Morgan fingerprint density at radius 1 is 1.38 bits per heavy atom. The highest BCUT2D eigenvalue weighted by Crippen LogP contribution is 2.26. The van der Waals surface area contributed by atoms with Crippen molar-refractivity contribution in [3.05, 3.63) is 35.6 Å². The van der Waals surface area contributed by atoms with Gasteiger partial charge in [-0.15, -0.1) is 0 Å². The minimum Gasteiger partial charge on any atom is -0.374 e. The molecule has 3 N–H and O–H groups in total. The molecule has 0 saturated heterocycles. The van der Waals surface area contributed by atoms with Crippen molar-refractivity contribution in [3.63, 3.8) is 0 Å². The van der Waals surface area contributed by atoms with Gasteiger partial charge in [0, 0.05) is 23.9 Å². The maximum Gasteiger partial charge on any atom is 0.248 e. The summed E-state index contributed by atoms with van der Waals surface area (Å²) in [7, 11) is 0. The summed E-state index contributed by atoms with van der Waals surface area (Å²) in [5.41, 5.74) is 2.76. The van der Waals surface area contributed by atoms with E-state index in [4.69, 9.17) is 4.52 Å². The summed E-state index contributed by atoms with van der Waals surface area (Å²) in [4.78, 5) is 23.8. The molecule has 1 aromatic carbocycles. The van der Waals surface area contributed by atoms with Crippen LogP contribution in [0.25, 0.3) is 0 Å². The van der Waals surface area contributed by atoms with Crippen molar-refractivity contribution in [2.75, 3.05) is 16.0 Å². The van der Waals surface area contributed by atoms with Crippen LogP contribution in [0.2, 0.25) is 0 Å². The number of fused-ring (bicyclic) bond motifs is 1. The van der Waals surface area contributed by atoms with Crippen LogP contribution in [-0.2, 0) is 16.0 Å². The van der Waals surface area contributed by atoms with Gasteiger partial charge in [-0.25, -0.2) is 0 Å². The summed E-state index contributed by atoms with van der Waals surface area (Å²) in [6, 6.07) is 6.98. The molecular formula is C17H20N4O3. The third kappa shape index (κ3) is 3.56.